The molecule has 3 aromatic carbocycles. The average molecular weight is 595 g/mol. The summed E-state index contributed by atoms with van der Waals surface area (Å²) in [5, 5.41) is 15.2. The van der Waals surface area contributed by atoms with Gasteiger partial charge in [0.05, 0.1) is 22.8 Å². The van der Waals surface area contributed by atoms with Crippen molar-refractivity contribution in [3.8, 4) is 17.2 Å². The Morgan fingerprint density at radius 3 is 2.37 bits per heavy atom. The number of benzene rings is 3. The molecule has 0 spiro atoms. The van der Waals surface area contributed by atoms with Crippen molar-refractivity contribution in [2.75, 3.05) is 28.0 Å². The van der Waals surface area contributed by atoms with Crippen LogP contribution in [0.2, 0.25) is 0 Å². The molecule has 43 heavy (non-hydrogen) atoms. The fourth-order valence-corrected chi connectivity index (χ4v) is 4.77. The Morgan fingerprint density at radius 2 is 1.65 bits per heavy atom. The van der Waals surface area contributed by atoms with Crippen molar-refractivity contribution >= 4 is 51.8 Å². The van der Waals surface area contributed by atoms with Crippen molar-refractivity contribution in [1.82, 2.24) is 14.8 Å². The molecule has 220 valence electrons. The molecule has 3 amide bonds. The standard InChI is InChI=1S/C33H34N6O3S/c1-21-10-12-22(13-11-21)39-30(19-28(38-39)33(2,3)4)37-32(41)35-26-14-15-27(25-9-7-6-8-24(25)26)42-23-16-17-34-29(18-23)36-31(40)20-43-5/h6-19H,20H2,1-5H3,(H,34,36,40)(H2,35,37,41). The number of hydrogen-bond acceptors (Lipinski definition) is 6. The zero-order valence-electron chi connectivity index (χ0n) is 24.8. The third-order valence-electron chi connectivity index (χ3n) is 6.63. The third kappa shape index (κ3) is 7.15. The Labute approximate surface area is 255 Å². The van der Waals surface area contributed by atoms with Crippen LogP contribution in [0.4, 0.5) is 22.1 Å². The molecule has 5 aromatic rings. The Hall–Kier alpha value is -4.83. The number of pyridine rings is 1. The maximum Gasteiger partial charge on any atom is 0.324 e. The number of anilines is 3. The Balaban J connectivity index is 1.38. The number of amides is 3. The first-order chi connectivity index (χ1) is 20.6. The summed E-state index contributed by atoms with van der Waals surface area (Å²) in [4.78, 5) is 29.5. The van der Waals surface area contributed by atoms with Crippen LogP contribution in [0.5, 0.6) is 11.5 Å². The highest BCUT2D eigenvalue weighted by Crippen LogP contribution is 2.35. The fraction of sp³-hybridized carbons (Fsp3) is 0.212. The summed E-state index contributed by atoms with van der Waals surface area (Å²) in [6, 6.07) is 24.2. The lowest BCUT2D eigenvalue weighted by Gasteiger charge is -2.14. The fourth-order valence-electron chi connectivity index (χ4n) is 4.44. The van der Waals surface area contributed by atoms with Gasteiger partial charge in [0.25, 0.3) is 0 Å². The van der Waals surface area contributed by atoms with Crippen LogP contribution < -0.4 is 20.7 Å². The molecule has 0 aliphatic heterocycles. The second-order valence-corrected chi connectivity index (χ2v) is 12.0. The van der Waals surface area contributed by atoms with Crippen LogP contribution in [0.25, 0.3) is 16.5 Å². The number of aryl methyl sites for hydroxylation is 1. The van der Waals surface area contributed by atoms with E-state index in [1.165, 1.54) is 11.8 Å². The molecule has 2 aromatic heterocycles. The summed E-state index contributed by atoms with van der Waals surface area (Å²) in [5.74, 6) is 2.31. The summed E-state index contributed by atoms with van der Waals surface area (Å²) in [7, 11) is 0. The van der Waals surface area contributed by atoms with Crippen LogP contribution in [0.3, 0.4) is 0 Å². The van der Waals surface area contributed by atoms with Gasteiger partial charge in [-0.15, -0.1) is 0 Å². The van der Waals surface area contributed by atoms with E-state index >= 15 is 0 Å². The SMILES string of the molecule is CSCC(=O)Nc1cc(Oc2ccc(NC(=O)Nc3cc(C(C)(C)C)nn3-c3ccc(C)cc3)c3ccccc23)ccn1. The molecule has 5 rings (SSSR count). The molecule has 3 N–H and O–H groups in total. The van der Waals surface area contributed by atoms with E-state index in [0.717, 1.165) is 27.7 Å². The number of hydrogen-bond donors (Lipinski definition) is 3. The number of urea groups is 1. The first-order valence-electron chi connectivity index (χ1n) is 13.8. The number of ether oxygens (including phenoxy) is 1. The number of thioether (sulfide) groups is 1. The number of aromatic nitrogens is 3. The molecule has 0 radical (unpaired) electrons. The molecule has 0 atom stereocenters. The van der Waals surface area contributed by atoms with Gasteiger partial charge in [-0.1, -0.05) is 62.7 Å². The minimum absolute atomic E-state index is 0.132. The lowest BCUT2D eigenvalue weighted by Crippen LogP contribution is -2.21. The molecular weight excluding hydrogens is 560 g/mol. The molecule has 0 aliphatic carbocycles. The van der Waals surface area contributed by atoms with E-state index in [4.69, 9.17) is 9.84 Å². The summed E-state index contributed by atoms with van der Waals surface area (Å²) in [6.45, 7) is 8.29. The molecule has 0 saturated carbocycles. The van der Waals surface area contributed by atoms with E-state index in [0.29, 0.717) is 34.6 Å². The second-order valence-electron chi connectivity index (χ2n) is 11.1. The van der Waals surface area contributed by atoms with Gasteiger partial charge in [-0.3, -0.25) is 10.1 Å². The van der Waals surface area contributed by atoms with Crippen molar-refractivity contribution in [3.63, 3.8) is 0 Å². The van der Waals surface area contributed by atoms with Gasteiger partial charge in [-0.25, -0.2) is 14.5 Å². The molecule has 0 fully saturated rings. The van der Waals surface area contributed by atoms with Crippen molar-refractivity contribution in [2.24, 2.45) is 0 Å². The Kier molecular flexibility index (Phi) is 8.68. The highest BCUT2D eigenvalue weighted by atomic mass is 32.2. The van der Waals surface area contributed by atoms with Crippen LogP contribution in [0.15, 0.2) is 85.1 Å². The third-order valence-corrected chi connectivity index (χ3v) is 7.18. The molecule has 0 aliphatic rings. The quantitative estimate of drug-likeness (QED) is 0.169. The molecule has 0 unspecified atom stereocenters. The van der Waals surface area contributed by atoms with Gasteiger partial charge in [0.15, 0.2) is 0 Å². The topological polar surface area (TPSA) is 110 Å². The molecule has 0 saturated heterocycles. The van der Waals surface area contributed by atoms with E-state index in [9.17, 15) is 9.59 Å². The van der Waals surface area contributed by atoms with Gasteiger partial charge in [0.2, 0.25) is 5.91 Å². The van der Waals surface area contributed by atoms with Gasteiger partial charge >= 0.3 is 6.03 Å². The second kappa shape index (κ2) is 12.6. The number of carbonyl (C=O) groups excluding carboxylic acids is 2. The van der Waals surface area contributed by atoms with E-state index in [2.05, 4.69) is 41.7 Å². The van der Waals surface area contributed by atoms with Crippen molar-refractivity contribution in [1.29, 1.82) is 0 Å². The maximum atomic E-state index is 13.3. The van der Waals surface area contributed by atoms with E-state index in [1.807, 2.05) is 67.8 Å². The van der Waals surface area contributed by atoms with Crippen LogP contribution in [0.1, 0.15) is 32.0 Å². The number of fused-ring (bicyclic) bond motifs is 1. The Morgan fingerprint density at radius 1 is 0.907 bits per heavy atom. The lowest BCUT2D eigenvalue weighted by molar-refractivity contribution is -0.113. The van der Waals surface area contributed by atoms with Crippen LogP contribution in [-0.4, -0.2) is 38.7 Å². The maximum absolute atomic E-state index is 13.3. The highest BCUT2D eigenvalue weighted by Gasteiger charge is 2.22. The first-order valence-corrected chi connectivity index (χ1v) is 15.2. The smallest absolute Gasteiger partial charge is 0.324 e. The van der Waals surface area contributed by atoms with Gasteiger partial charge in [0.1, 0.15) is 23.1 Å². The molecule has 10 heteroatoms. The summed E-state index contributed by atoms with van der Waals surface area (Å²) < 4.78 is 7.95. The predicted molar refractivity (Wildman–Crippen MR) is 175 cm³/mol. The Bertz CT molecular complexity index is 1780. The molecule has 2 heterocycles. The lowest BCUT2D eigenvalue weighted by atomic mass is 9.92. The van der Waals surface area contributed by atoms with E-state index in [1.54, 1.807) is 35.1 Å². The van der Waals surface area contributed by atoms with Crippen molar-refractivity contribution in [3.05, 3.63) is 96.3 Å². The molecular formula is C33H34N6O3S. The van der Waals surface area contributed by atoms with Gasteiger partial charge in [-0.05, 0) is 43.5 Å². The number of rotatable bonds is 8. The largest absolute Gasteiger partial charge is 0.457 e. The molecule has 0 bridgehead atoms. The monoisotopic (exact) mass is 594 g/mol. The van der Waals surface area contributed by atoms with E-state index in [-0.39, 0.29) is 11.3 Å². The zero-order chi connectivity index (χ0) is 30.6. The minimum atomic E-state index is -0.396. The highest BCUT2D eigenvalue weighted by molar-refractivity contribution is 7.99. The summed E-state index contributed by atoms with van der Waals surface area (Å²) in [5.41, 5.74) is 3.27. The number of nitrogens with one attached hydrogen (secondary N) is 3. The van der Waals surface area contributed by atoms with Gasteiger partial charge < -0.3 is 15.4 Å². The molecule has 9 nitrogen and oxygen atoms in total. The minimum Gasteiger partial charge on any atom is -0.457 e. The van der Waals surface area contributed by atoms with Gasteiger partial charge in [-0.2, -0.15) is 16.9 Å². The number of nitrogens with zero attached hydrogens (tertiary/aromatic N) is 3. The predicted octanol–water partition coefficient (Wildman–Crippen LogP) is 7.76. The van der Waals surface area contributed by atoms with Crippen LogP contribution in [0, 0.1) is 6.92 Å². The van der Waals surface area contributed by atoms with Gasteiger partial charge in [0, 0.05) is 34.5 Å². The van der Waals surface area contributed by atoms with E-state index < -0.39 is 6.03 Å². The first kappa shape index (κ1) is 29.7. The average Bonchev–Trinajstić information content (AvgIpc) is 3.39. The van der Waals surface area contributed by atoms with Crippen molar-refractivity contribution < 1.29 is 14.3 Å². The zero-order valence-corrected chi connectivity index (χ0v) is 25.6. The summed E-state index contributed by atoms with van der Waals surface area (Å²) in [6.07, 6.45) is 3.45. The normalized spacial score (nSPS) is 11.3. The summed E-state index contributed by atoms with van der Waals surface area (Å²) >= 11 is 1.44. The number of carbonyl (C=O) groups is 2. The van der Waals surface area contributed by atoms with Crippen molar-refractivity contribution in [2.45, 2.75) is 33.1 Å². The van der Waals surface area contributed by atoms with Crippen LogP contribution in [-0.2, 0) is 10.2 Å². The van der Waals surface area contributed by atoms with Crippen LogP contribution >= 0.6 is 11.8 Å².